The highest BCUT2D eigenvalue weighted by Gasteiger charge is 2.33. The molecular formula is C23H30N2O5. The third-order valence-corrected chi connectivity index (χ3v) is 4.65. The molecule has 162 valence electrons. The van der Waals surface area contributed by atoms with E-state index in [1.807, 2.05) is 42.5 Å². The van der Waals surface area contributed by atoms with Gasteiger partial charge in [0.2, 0.25) is 12.2 Å². The Morgan fingerprint density at radius 3 is 2.60 bits per heavy atom. The fraction of sp³-hybridized carbons (Fsp3) is 0.391. The summed E-state index contributed by atoms with van der Waals surface area (Å²) >= 11 is 0. The highest BCUT2D eigenvalue weighted by Crippen LogP contribution is 2.32. The first kappa shape index (κ1) is 23.4. The van der Waals surface area contributed by atoms with E-state index in [0.29, 0.717) is 17.7 Å². The molecule has 1 aliphatic rings. The zero-order chi connectivity index (χ0) is 21.0. The fourth-order valence-corrected chi connectivity index (χ4v) is 3.31. The number of carbonyl (C=O) groups excluding carboxylic acids is 2. The summed E-state index contributed by atoms with van der Waals surface area (Å²) in [6.45, 7) is 1.55. The van der Waals surface area contributed by atoms with E-state index in [0.717, 1.165) is 11.1 Å². The molecule has 2 amide bonds. The predicted octanol–water partition coefficient (Wildman–Crippen LogP) is 2.68. The van der Waals surface area contributed by atoms with Crippen LogP contribution in [0.25, 0.3) is 11.1 Å². The zero-order valence-corrected chi connectivity index (χ0v) is 16.8. The molecule has 0 bridgehead atoms. The van der Waals surface area contributed by atoms with Gasteiger partial charge in [-0.1, -0.05) is 37.8 Å². The summed E-state index contributed by atoms with van der Waals surface area (Å²) in [6, 6.07) is 14.3. The van der Waals surface area contributed by atoms with Crippen LogP contribution in [0.2, 0.25) is 0 Å². The second-order valence-electron chi connectivity index (χ2n) is 7.29. The lowest BCUT2D eigenvalue weighted by Crippen LogP contribution is -2.52. The van der Waals surface area contributed by atoms with Crippen LogP contribution in [0.3, 0.4) is 0 Å². The van der Waals surface area contributed by atoms with Crippen LogP contribution in [-0.2, 0) is 9.53 Å². The minimum absolute atomic E-state index is 0. The van der Waals surface area contributed by atoms with Gasteiger partial charge in [0.25, 0.3) is 5.91 Å². The number of nitrogens with zero attached hydrogens (tertiary/aromatic N) is 1. The number of nitrogens with one attached hydrogen (secondary N) is 1. The molecule has 3 atom stereocenters. The van der Waals surface area contributed by atoms with Crippen LogP contribution in [0.4, 0.5) is 0 Å². The number of hydrogen-bond donors (Lipinski definition) is 2. The van der Waals surface area contributed by atoms with E-state index in [1.54, 1.807) is 20.2 Å². The number of carbonyl (C=O) groups is 2. The Hall–Kier alpha value is -2.90. The first-order chi connectivity index (χ1) is 13.8. The molecule has 1 unspecified atom stereocenters. The Labute approximate surface area is 177 Å². The van der Waals surface area contributed by atoms with Crippen LogP contribution in [0.5, 0.6) is 5.75 Å². The van der Waals surface area contributed by atoms with E-state index in [2.05, 4.69) is 5.32 Å². The minimum Gasteiger partial charge on any atom is -0.462 e. The third-order valence-electron chi connectivity index (χ3n) is 4.65. The van der Waals surface area contributed by atoms with E-state index >= 15 is 0 Å². The Balaban J connectivity index is 0.00000320. The molecule has 0 radical (unpaired) electrons. The molecule has 2 aromatic rings. The highest BCUT2D eigenvalue weighted by molar-refractivity contribution is 5.95. The Kier molecular flexibility index (Phi) is 7.97. The van der Waals surface area contributed by atoms with E-state index < -0.39 is 18.4 Å². The number of ether oxygens (including phenoxy) is 2. The molecule has 0 aliphatic carbocycles. The molecule has 0 spiro atoms. The molecule has 1 saturated heterocycles. The van der Waals surface area contributed by atoms with Crippen molar-refractivity contribution in [1.29, 1.82) is 0 Å². The van der Waals surface area contributed by atoms with E-state index in [-0.39, 0.29) is 25.8 Å². The van der Waals surface area contributed by atoms with Gasteiger partial charge in [0.15, 0.2) is 0 Å². The van der Waals surface area contributed by atoms with Crippen molar-refractivity contribution in [1.82, 2.24) is 10.2 Å². The number of amides is 2. The van der Waals surface area contributed by atoms with Gasteiger partial charge in [0.05, 0.1) is 18.8 Å². The predicted molar refractivity (Wildman–Crippen MR) is 115 cm³/mol. The topological polar surface area (TPSA) is 88.1 Å². The van der Waals surface area contributed by atoms with Crippen molar-refractivity contribution in [3.05, 3.63) is 54.1 Å². The summed E-state index contributed by atoms with van der Waals surface area (Å²) in [5, 5.41) is 12.6. The van der Waals surface area contributed by atoms with Gasteiger partial charge in [0, 0.05) is 38.6 Å². The molecule has 1 heterocycles. The van der Waals surface area contributed by atoms with Crippen molar-refractivity contribution in [3.63, 3.8) is 0 Å². The molecule has 1 aliphatic heterocycles. The molecular weight excluding hydrogens is 384 g/mol. The lowest BCUT2D eigenvalue weighted by atomic mass is 10.0. The second kappa shape index (κ2) is 10.2. The maximum Gasteiger partial charge on any atom is 0.253 e. The summed E-state index contributed by atoms with van der Waals surface area (Å²) < 4.78 is 11.8. The summed E-state index contributed by atoms with van der Waals surface area (Å²) in [5.74, 6) is 0.267. The maximum absolute atomic E-state index is 12.3. The van der Waals surface area contributed by atoms with Crippen LogP contribution in [0.1, 0.15) is 31.1 Å². The third kappa shape index (κ3) is 5.58. The number of hydrogen-bond acceptors (Lipinski definition) is 5. The monoisotopic (exact) mass is 414 g/mol. The SMILES string of the molecule is C.CC(=O)NC1C[C@@H](O)CO[C@H]1Oc1ccccc1-c1cccc(C(=O)N(C)C)c1. The number of para-hydroxylation sites is 1. The molecule has 2 N–H and O–H groups in total. The Morgan fingerprint density at radius 1 is 1.17 bits per heavy atom. The van der Waals surface area contributed by atoms with Crippen molar-refractivity contribution in [2.75, 3.05) is 20.7 Å². The van der Waals surface area contributed by atoms with Gasteiger partial charge in [-0.25, -0.2) is 0 Å². The first-order valence-electron chi connectivity index (χ1n) is 9.49. The van der Waals surface area contributed by atoms with E-state index in [9.17, 15) is 14.7 Å². The lowest BCUT2D eigenvalue weighted by Gasteiger charge is -2.34. The molecule has 7 heteroatoms. The molecule has 1 fully saturated rings. The molecule has 0 aromatic heterocycles. The maximum atomic E-state index is 12.3. The van der Waals surface area contributed by atoms with Gasteiger partial charge < -0.3 is 24.8 Å². The number of rotatable bonds is 5. The van der Waals surface area contributed by atoms with E-state index in [1.165, 1.54) is 11.8 Å². The summed E-state index contributed by atoms with van der Waals surface area (Å²) in [7, 11) is 3.42. The van der Waals surface area contributed by atoms with Crippen LogP contribution in [-0.4, -0.2) is 61.0 Å². The highest BCUT2D eigenvalue weighted by atomic mass is 16.7. The van der Waals surface area contributed by atoms with Gasteiger partial charge in [0.1, 0.15) is 5.75 Å². The van der Waals surface area contributed by atoms with Gasteiger partial charge in [-0.05, 0) is 23.8 Å². The number of aliphatic hydroxyl groups is 1. The minimum atomic E-state index is -0.727. The van der Waals surface area contributed by atoms with Crippen molar-refractivity contribution in [2.45, 2.75) is 39.2 Å². The van der Waals surface area contributed by atoms with Crippen molar-refractivity contribution >= 4 is 11.8 Å². The van der Waals surface area contributed by atoms with Crippen LogP contribution >= 0.6 is 0 Å². The van der Waals surface area contributed by atoms with Gasteiger partial charge in [-0.15, -0.1) is 0 Å². The lowest BCUT2D eigenvalue weighted by molar-refractivity contribution is -0.162. The van der Waals surface area contributed by atoms with Crippen molar-refractivity contribution in [2.24, 2.45) is 0 Å². The summed E-state index contributed by atoms with van der Waals surface area (Å²) in [6.07, 6.45) is -1.04. The van der Waals surface area contributed by atoms with E-state index in [4.69, 9.17) is 9.47 Å². The molecule has 3 rings (SSSR count). The second-order valence-corrected chi connectivity index (χ2v) is 7.29. The van der Waals surface area contributed by atoms with Crippen LogP contribution in [0, 0.1) is 0 Å². The fourth-order valence-electron chi connectivity index (χ4n) is 3.31. The smallest absolute Gasteiger partial charge is 0.253 e. The largest absolute Gasteiger partial charge is 0.462 e. The molecule has 7 nitrogen and oxygen atoms in total. The molecule has 30 heavy (non-hydrogen) atoms. The van der Waals surface area contributed by atoms with Gasteiger partial charge in [-0.2, -0.15) is 0 Å². The quantitative estimate of drug-likeness (QED) is 0.785. The number of aliphatic hydroxyl groups excluding tert-OH is 1. The molecule has 0 saturated carbocycles. The Bertz CT molecular complexity index is 883. The molecule has 2 aromatic carbocycles. The van der Waals surface area contributed by atoms with Gasteiger partial charge in [-0.3, -0.25) is 9.59 Å². The number of benzene rings is 2. The average Bonchev–Trinajstić information content (AvgIpc) is 2.69. The normalized spacial score (nSPS) is 20.6. The summed E-state index contributed by atoms with van der Waals surface area (Å²) in [5.41, 5.74) is 2.22. The van der Waals surface area contributed by atoms with Crippen molar-refractivity contribution < 1.29 is 24.2 Å². The average molecular weight is 415 g/mol. The van der Waals surface area contributed by atoms with Crippen LogP contribution in [0.15, 0.2) is 48.5 Å². The van der Waals surface area contributed by atoms with Crippen LogP contribution < -0.4 is 10.1 Å². The van der Waals surface area contributed by atoms with Crippen molar-refractivity contribution in [3.8, 4) is 16.9 Å². The first-order valence-corrected chi connectivity index (χ1v) is 9.49. The zero-order valence-electron chi connectivity index (χ0n) is 16.8. The summed E-state index contributed by atoms with van der Waals surface area (Å²) in [4.78, 5) is 25.4. The standard InChI is InChI=1S/C22H26N2O5.CH4/c1-14(25)23-19-12-17(26)13-28-22(19)29-20-10-5-4-9-18(20)15-7-6-8-16(11-15)21(27)24(2)3;/h4-11,17,19,22,26H,12-13H2,1-3H3,(H,23,25);1H4/t17-,19?,22+;/m1./s1. The van der Waals surface area contributed by atoms with Gasteiger partial charge >= 0.3 is 0 Å². The Morgan fingerprint density at radius 2 is 1.90 bits per heavy atom.